The van der Waals surface area contributed by atoms with Crippen molar-refractivity contribution < 1.29 is 4.79 Å². The highest BCUT2D eigenvalue weighted by Gasteiger charge is 2.05. The summed E-state index contributed by atoms with van der Waals surface area (Å²) in [5.74, 6) is 0.442. The van der Waals surface area contributed by atoms with Crippen LogP contribution in [0.1, 0.15) is 10.4 Å². The van der Waals surface area contributed by atoms with Crippen LogP contribution in [0.2, 0.25) is 0 Å². The molecule has 0 bridgehead atoms. The third-order valence-corrected chi connectivity index (χ3v) is 4.19. The number of benzene rings is 1. The predicted molar refractivity (Wildman–Crippen MR) is 97.7 cm³/mol. The van der Waals surface area contributed by atoms with E-state index in [1.165, 1.54) is 0 Å². The number of hydrogen-bond acceptors (Lipinski definition) is 6. The minimum atomic E-state index is -0.106. The van der Waals surface area contributed by atoms with Gasteiger partial charge in [-0.15, -0.1) is 0 Å². The van der Waals surface area contributed by atoms with E-state index in [4.69, 9.17) is 0 Å². The zero-order valence-corrected chi connectivity index (χ0v) is 14.2. The van der Waals surface area contributed by atoms with Crippen LogP contribution in [-0.4, -0.2) is 33.9 Å². The molecular formula is C18H17N5OS. The van der Waals surface area contributed by atoms with Crippen LogP contribution in [-0.2, 0) is 0 Å². The van der Waals surface area contributed by atoms with Crippen LogP contribution >= 0.6 is 11.8 Å². The molecule has 3 aromatic rings. The SMILES string of the molecule is O=C(NCCNc1ncccn1)c1ccc(Sc2ccccn2)cc1. The number of nitrogens with zero attached hydrogens (tertiary/aromatic N) is 3. The Morgan fingerprint density at radius 1 is 0.880 bits per heavy atom. The molecule has 0 aliphatic heterocycles. The molecule has 0 fully saturated rings. The van der Waals surface area contributed by atoms with Crippen LogP contribution in [0.25, 0.3) is 0 Å². The van der Waals surface area contributed by atoms with E-state index >= 15 is 0 Å². The molecule has 1 amide bonds. The molecule has 3 rings (SSSR count). The highest BCUT2D eigenvalue weighted by atomic mass is 32.2. The lowest BCUT2D eigenvalue weighted by Crippen LogP contribution is -2.29. The fraction of sp³-hybridized carbons (Fsp3) is 0.111. The minimum Gasteiger partial charge on any atom is -0.352 e. The molecule has 0 atom stereocenters. The summed E-state index contributed by atoms with van der Waals surface area (Å²) in [5, 5.41) is 6.83. The van der Waals surface area contributed by atoms with Gasteiger partial charge in [0.15, 0.2) is 0 Å². The number of carbonyl (C=O) groups excluding carboxylic acids is 1. The van der Waals surface area contributed by atoms with Gasteiger partial charge in [0.2, 0.25) is 5.95 Å². The Morgan fingerprint density at radius 3 is 2.36 bits per heavy atom. The van der Waals surface area contributed by atoms with Crippen molar-refractivity contribution >= 4 is 23.6 Å². The maximum absolute atomic E-state index is 12.1. The van der Waals surface area contributed by atoms with Gasteiger partial charge in [-0.2, -0.15) is 0 Å². The maximum Gasteiger partial charge on any atom is 0.251 e. The van der Waals surface area contributed by atoms with Gasteiger partial charge in [0.05, 0.1) is 0 Å². The standard InChI is InChI=1S/C18H17N5OS/c24-17(20-12-13-23-18-21-10-3-11-22-18)14-5-7-15(8-6-14)25-16-4-1-2-9-19-16/h1-11H,12-13H2,(H,20,24)(H,21,22,23). The summed E-state index contributed by atoms with van der Waals surface area (Å²) in [6.45, 7) is 1.05. The van der Waals surface area contributed by atoms with Crippen LogP contribution in [0.3, 0.4) is 0 Å². The summed E-state index contributed by atoms with van der Waals surface area (Å²) >= 11 is 1.56. The van der Waals surface area contributed by atoms with E-state index in [-0.39, 0.29) is 5.91 Å². The van der Waals surface area contributed by atoms with Crippen molar-refractivity contribution in [3.63, 3.8) is 0 Å². The number of rotatable bonds is 7. The Morgan fingerprint density at radius 2 is 1.64 bits per heavy atom. The normalized spacial score (nSPS) is 10.2. The first-order chi connectivity index (χ1) is 12.3. The van der Waals surface area contributed by atoms with Gasteiger partial charge in [0.25, 0.3) is 5.91 Å². The Balaban J connectivity index is 1.46. The second-order valence-electron chi connectivity index (χ2n) is 5.05. The zero-order chi connectivity index (χ0) is 17.3. The zero-order valence-electron chi connectivity index (χ0n) is 13.4. The second-order valence-corrected chi connectivity index (χ2v) is 6.14. The first-order valence-electron chi connectivity index (χ1n) is 7.79. The fourth-order valence-electron chi connectivity index (χ4n) is 2.05. The molecule has 2 heterocycles. The number of hydrogen-bond donors (Lipinski definition) is 2. The van der Waals surface area contributed by atoms with Gasteiger partial charge >= 0.3 is 0 Å². The average molecular weight is 351 g/mol. The molecule has 25 heavy (non-hydrogen) atoms. The summed E-state index contributed by atoms with van der Waals surface area (Å²) in [4.78, 5) is 25.6. The molecular weight excluding hydrogens is 334 g/mol. The van der Waals surface area contributed by atoms with E-state index in [1.807, 2.05) is 42.5 Å². The molecule has 2 aromatic heterocycles. The molecule has 0 aliphatic rings. The third-order valence-electron chi connectivity index (χ3n) is 3.24. The van der Waals surface area contributed by atoms with E-state index < -0.39 is 0 Å². The maximum atomic E-state index is 12.1. The number of anilines is 1. The van der Waals surface area contributed by atoms with E-state index in [0.717, 1.165) is 9.92 Å². The number of nitrogens with one attached hydrogen (secondary N) is 2. The highest BCUT2D eigenvalue weighted by molar-refractivity contribution is 7.99. The summed E-state index contributed by atoms with van der Waals surface area (Å²) in [6, 6.07) is 15.0. The van der Waals surface area contributed by atoms with Crippen molar-refractivity contribution in [2.24, 2.45) is 0 Å². The summed E-state index contributed by atoms with van der Waals surface area (Å²) in [5.41, 5.74) is 0.626. The number of pyridine rings is 1. The quantitative estimate of drug-likeness (QED) is 0.637. The molecule has 0 aliphatic carbocycles. The predicted octanol–water partition coefficient (Wildman–Crippen LogP) is 2.86. The Kier molecular flexibility index (Phi) is 5.95. The van der Waals surface area contributed by atoms with E-state index in [1.54, 1.807) is 36.4 Å². The monoisotopic (exact) mass is 351 g/mol. The lowest BCUT2D eigenvalue weighted by atomic mass is 10.2. The Hall–Kier alpha value is -2.93. The van der Waals surface area contributed by atoms with Gasteiger partial charge in [-0.25, -0.2) is 15.0 Å². The molecule has 1 aromatic carbocycles. The van der Waals surface area contributed by atoms with E-state index in [0.29, 0.717) is 24.6 Å². The fourth-order valence-corrected chi connectivity index (χ4v) is 2.82. The van der Waals surface area contributed by atoms with E-state index in [9.17, 15) is 4.79 Å². The minimum absolute atomic E-state index is 0.106. The Bertz CT molecular complexity index is 797. The van der Waals surface area contributed by atoms with Crippen LogP contribution in [0.15, 0.2) is 77.0 Å². The molecule has 7 heteroatoms. The molecule has 126 valence electrons. The summed E-state index contributed by atoms with van der Waals surface area (Å²) in [6.07, 6.45) is 5.09. The first kappa shape index (κ1) is 16.9. The molecule has 0 saturated heterocycles. The lowest BCUT2D eigenvalue weighted by molar-refractivity contribution is 0.0955. The van der Waals surface area contributed by atoms with Crippen LogP contribution in [0.4, 0.5) is 5.95 Å². The lowest BCUT2D eigenvalue weighted by Gasteiger charge is -2.07. The van der Waals surface area contributed by atoms with Crippen molar-refractivity contribution in [2.75, 3.05) is 18.4 Å². The van der Waals surface area contributed by atoms with Gasteiger partial charge in [0, 0.05) is 42.1 Å². The van der Waals surface area contributed by atoms with Gasteiger partial charge in [0.1, 0.15) is 5.03 Å². The summed E-state index contributed by atoms with van der Waals surface area (Å²) in [7, 11) is 0. The Labute approximate surface area is 150 Å². The summed E-state index contributed by atoms with van der Waals surface area (Å²) < 4.78 is 0. The van der Waals surface area contributed by atoms with Crippen molar-refractivity contribution in [3.8, 4) is 0 Å². The van der Waals surface area contributed by atoms with Crippen molar-refractivity contribution in [1.82, 2.24) is 20.3 Å². The smallest absolute Gasteiger partial charge is 0.251 e. The van der Waals surface area contributed by atoms with Gasteiger partial charge in [-0.1, -0.05) is 17.8 Å². The van der Waals surface area contributed by atoms with Gasteiger partial charge in [-0.05, 0) is 42.5 Å². The van der Waals surface area contributed by atoms with Crippen molar-refractivity contribution in [3.05, 3.63) is 72.7 Å². The average Bonchev–Trinajstić information content (AvgIpc) is 2.67. The number of aromatic nitrogens is 3. The largest absolute Gasteiger partial charge is 0.352 e. The molecule has 6 nitrogen and oxygen atoms in total. The molecule has 0 saturated carbocycles. The van der Waals surface area contributed by atoms with Crippen molar-refractivity contribution in [2.45, 2.75) is 9.92 Å². The van der Waals surface area contributed by atoms with Gasteiger partial charge in [-0.3, -0.25) is 4.79 Å². The van der Waals surface area contributed by atoms with Gasteiger partial charge < -0.3 is 10.6 Å². The topological polar surface area (TPSA) is 79.8 Å². The third kappa shape index (κ3) is 5.29. The van der Waals surface area contributed by atoms with Crippen LogP contribution in [0, 0.1) is 0 Å². The highest BCUT2D eigenvalue weighted by Crippen LogP contribution is 2.25. The van der Waals surface area contributed by atoms with Crippen molar-refractivity contribution in [1.29, 1.82) is 0 Å². The van der Waals surface area contributed by atoms with Crippen LogP contribution in [0.5, 0.6) is 0 Å². The van der Waals surface area contributed by atoms with E-state index in [2.05, 4.69) is 25.6 Å². The second kappa shape index (κ2) is 8.79. The molecule has 2 N–H and O–H groups in total. The number of carbonyl (C=O) groups is 1. The first-order valence-corrected chi connectivity index (χ1v) is 8.61. The number of amides is 1. The van der Waals surface area contributed by atoms with Crippen LogP contribution < -0.4 is 10.6 Å². The molecule has 0 radical (unpaired) electrons. The molecule has 0 spiro atoms. The molecule has 0 unspecified atom stereocenters.